The van der Waals surface area contributed by atoms with E-state index in [0.717, 1.165) is 24.9 Å². The number of hydrogen-bond acceptors (Lipinski definition) is 3. The molecule has 0 saturated heterocycles. The summed E-state index contributed by atoms with van der Waals surface area (Å²) in [5, 5.41) is 3.17. The largest absolute Gasteiger partial charge is 0.381 e. The van der Waals surface area contributed by atoms with Crippen LogP contribution in [0.3, 0.4) is 0 Å². The second-order valence-electron chi connectivity index (χ2n) is 5.01. The van der Waals surface area contributed by atoms with E-state index in [4.69, 9.17) is 0 Å². The zero-order valence-corrected chi connectivity index (χ0v) is 13.6. The molecule has 1 aromatic rings. The van der Waals surface area contributed by atoms with E-state index >= 15 is 0 Å². The van der Waals surface area contributed by atoms with Gasteiger partial charge in [0, 0.05) is 21.6 Å². The molecule has 1 aliphatic carbocycles. The number of hydrogen-bond donors (Lipinski definition) is 1. The minimum Gasteiger partial charge on any atom is -0.381 e. The first-order valence-electron chi connectivity index (χ1n) is 6.09. The van der Waals surface area contributed by atoms with E-state index in [1.807, 2.05) is 12.1 Å². The summed E-state index contributed by atoms with van der Waals surface area (Å²) in [5.41, 5.74) is 2.22. The first-order valence-corrected chi connectivity index (χ1v) is 9.13. The molecule has 0 radical (unpaired) electrons. The molecule has 1 aromatic carbocycles. The van der Waals surface area contributed by atoms with Gasteiger partial charge in [-0.3, -0.25) is 0 Å². The van der Waals surface area contributed by atoms with Gasteiger partial charge in [0.1, 0.15) is 0 Å². The average Bonchev–Trinajstić information content (AvgIpc) is 2.70. The van der Waals surface area contributed by atoms with Crippen molar-refractivity contribution in [1.29, 1.82) is 0 Å². The monoisotopic (exact) mass is 379 g/mol. The lowest BCUT2D eigenvalue weighted by atomic mass is 10.1. The summed E-state index contributed by atoms with van der Waals surface area (Å²) < 4.78 is 24.7. The van der Waals surface area contributed by atoms with Gasteiger partial charge in [-0.2, -0.15) is 0 Å². The fourth-order valence-electron chi connectivity index (χ4n) is 2.59. The SMILES string of the molecule is Cc1cc(I)ccc1NC1CCCC1S(C)(=O)=O. The molecule has 100 valence electrons. The molecule has 5 heteroatoms. The molecule has 2 unspecified atom stereocenters. The Bertz CT molecular complexity index is 542. The smallest absolute Gasteiger partial charge is 0.152 e. The molecule has 0 aromatic heterocycles. The summed E-state index contributed by atoms with van der Waals surface area (Å²) in [5.74, 6) is 0. The maximum absolute atomic E-state index is 11.7. The van der Waals surface area contributed by atoms with Crippen LogP contribution in [0.15, 0.2) is 18.2 Å². The van der Waals surface area contributed by atoms with Gasteiger partial charge in [-0.05, 0) is 72.5 Å². The highest BCUT2D eigenvalue weighted by Gasteiger charge is 2.34. The first-order chi connectivity index (χ1) is 8.38. The molecule has 0 aliphatic heterocycles. The molecule has 2 rings (SSSR count). The summed E-state index contributed by atoms with van der Waals surface area (Å²) in [6, 6.07) is 6.24. The number of halogens is 1. The van der Waals surface area contributed by atoms with Crippen molar-refractivity contribution >= 4 is 38.1 Å². The van der Waals surface area contributed by atoms with Crippen molar-refractivity contribution in [1.82, 2.24) is 0 Å². The summed E-state index contributed by atoms with van der Waals surface area (Å²) >= 11 is 2.28. The van der Waals surface area contributed by atoms with Crippen LogP contribution in [0.1, 0.15) is 24.8 Å². The zero-order chi connectivity index (χ0) is 13.3. The van der Waals surface area contributed by atoms with E-state index in [-0.39, 0.29) is 11.3 Å². The Kier molecular flexibility index (Phi) is 4.21. The van der Waals surface area contributed by atoms with Crippen LogP contribution in [0.25, 0.3) is 0 Å². The molecule has 0 bridgehead atoms. The third-order valence-electron chi connectivity index (χ3n) is 3.53. The predicted octanol–water partition coefficient (Wildman–Crippen LogP) is 2.98. The van der Waals surface area contributed by atoms with Crippen molar-refractivity contribution in [3.8, 4) is 0 Å². The molecule has 1 aliphatic rings. The minimum atomic E-state index is -2.96. The Balaban J connectivity index is 2.18. The topological polar surface area (TPSA) is 46.2 Å². The lowest BCUT2D eigenvalue weighted by Crippen LogP contribution is -2.34. The Morgan fingerprint density at radius 1 is 1.33 bits per heavy atom. The summed E-state index contributed by atoms with van der Waals surface area (Å²) in [4.78, 5) is 0. The maximum Gasteiger partial charge on any atom is 0.152 e. The number of sulfone groups is 1. The molecular formula is C13H18INO2S. The van der Waals surface area contributed by atoms with Crippen molar-refractivity contribution in [3.63, 3.8) is 0 Å². The number of anilines is 1. The van der Waals surface area contributed by atoms with Crippen molar-refractivity contribution in [2.24, 2.45) is 0 Å². The van der Waals surface area contributed by atoms with E-state index in [0.29, 0.717) is 0 Å². The van der Waals surface area contributed by atoms with Crippen molar-refractivity contribution < 1.29 is 8.42 Å². The van der Waals surface area contributed by atoms with Gasteiger partial charge >= 0.3 is 0 Å². The van der Waals surface area contributed by atoms with E-state index in [1.165, 1.54) is 15.4 Å². The summed E-state index contributed by atoms with van der Waals surface area (Å²) in [6.45, 7) is 2.05. The molecule has 1 N–H and O–H groups in total. The molecule has 0 amide bonds. The van der Waals surface area contributed by atoms with Crippen LogP contribution in [0.4, 0.5) is 5.69 Å². The highest BCUT2D eigenvalue weighted by molar-refractivity contribution is 14.1. The molecule has 1 saturated carbocycles. The lowest BCUT2D eigenvalue weighted by Gasteiger charge is -2.22. The van der Waals surface area contributed by atoms with Crippen molar-refractivity contribution in [2.75, 3.05) is 11.6 Å². The Morgan fingerprint density at radius 2 is 2.06 bits per heavy atom. The van der Waals surface area contributed by atoms with E-state index in [1.54, 1.807) is 0 Å². The second kappa shape index (κ2) is 5.36. The Hall–Kier alpha value is -0.300. The van der Waals surface area contributed by atoms with Gasteiger partial charge in [-0.1, -0.05) is 0 Å². The van der Waals surface area contributed by atoms with Gasteiger partial charge in [-0.25, -0.2) is 8.42 Å². The minimum absolute atomic E-state index is 0.0544. The highest BCUT2D eigenvalue weighted by Crippen LogP contribution is 2.29. The van der Waals surface area contributed by atoms with Gasteiger partial charge in [0.15, 0.2) is 9.84 Å². The van der Waals surface area contributed by atoms with Crippen LogP contribution in [0, 0.1) is 10.5 Å². The Morgan fingerprint density at radius 3 is 2.67 bits per heavy atom. The van der Waals surface area contributed by atoms with E-state index in [9.17, 15) is 8.42 Å². The van der Waals surface area contributed by atoms with Gasteiger partial charge in [0.2, 0.25) is 0 Å². The molecule has 0 heterocycles. The quantitative estimate of drug-likeness (QED) is 0.822. The van der Waals surface area contributed by atoms with Crippen LogP contribution in [-0.4, -0.2) is 26.0 Å². The molecule has 3 nitrogen and oxygen atoms in total. The summed E-state index contributed by atoms with van der Waals surface area (Å²) in [7, 11) is -2.96. The third kappa shape index (κ3) is 3.17. The van der Waals surface area contributed by atoms with E-state index in [2.05, 4.69) is 40.9 Å². The number of aryl methyl sites for hydroxylation is 1. The molecule has 0 spiro atoms. The van der Waals surface area contributed by atoms with Crippen LogP contribution >= 0.6 is 22.6 Å². The second-order valence-corrected chi connectivity index (χ2v) is 8.52. The zero-order valence-electron chi connectivity index (χ0n) is 10.6. The molecule has 18 heavy (non-hydrogen) atoms. The molecular weight excluding hydrogens is 361 g/mol. The van der Waals surface area contributed by atoms with Crippen LogP contribution < -0.4 is 5.32 Å². The normalized spacial score (nSPS) is 24.2. The van der Waals surface area contributed by atoms with Gasteiger partial charge in [0.25, 0.3) is 0 Å². The van der Waals surface area contributed by atoms with Crippen LogP contribution in [0.2, 0.25) is 0 Å². The molecule has 1 fully saturated rings. The first kappa shape index (κ1) is 14.1. The lowest BCUT2D eigenvalue weighted by molar-refractivity contribution is 0.579. The number of nitrogens with one attached hydrogen (secondary N) is 1. The average molecular weight is 379 g/mol. The third-order valence-corrected chi connectivity index (χ3v) is 5.87. The Labute approximate surface area is 122 Å². The number of rotatable bonds is 3. The summed E-state index contributed by atoms with van der Waals surface area (Å²) in [6.07, 6.45) is 4.04. The fraction of sp³-hybridized carbons (Fsp3) is 0.538. The van der Waals surface area contributed by atoms with Gasteiger partial charge < -0.3 is 5.32 Å². The maximum atomic E-state index is 11.7. The fourth-order valence-corrected chi connectivity index (χ4v) is 4.63. The van der Waals surface area contributed by atoms with Gasteiger partial charge in [0.05, 0.1) is 5.25 Å². The van der Waals surface area contributed by atoms with Crippen LogP contribution in [-0.2, 0) is 9.84 Å². The van der Waals surface area contributed by atoms with Gasteiger partial charge in [-0.15, -0.1) is 0 Å². The van der Waals surface area contributed by atoms with Crippen molar-refractivity contribution in [2.45, 2.75) is 37.5 Å². The predicted molar refractivity (Wildman–Crippen MR) is 83.8 cm³/mol. The van der Waals surface area contributed by atoms with Crippen molar-refractivity contribution in [3.05, 3.63) is 27.3 Å². The van der Waals surface area contributed by atoms with E-state index < -0.39 is 9.84 Å². The highest BCUT2D eigenvalue weighted by atomic mass is 127. The molecule has 2 atom stereocenters. The standard InChI is InChI=1S/C13H18INO2S/c1-9-8-10(14)6-7-11(9)15-12-4-3-5-13(12)18(2,16)17/h6-8,12-13,15H,3-5H2,1-2H3. The van der Waals surface area contributed by atoms with Crippen LogP contribution in [0.5, 0.6) is 0 Å². The number of benzene rings is 1.